The van der Waals surface area contributed by atoms with E-state index in [1.54, 1.807) is 26.1 Å². The number of carboxylic acids is 1. The predicted molar refractivity (Wildman–Crippen MR) is 222 cm³/mol. The molecule has 1 fully saturated rings. The molecular formula is C39H58N10O15. The summed E-state index contributed by atoms with van der Waals surface area (Å²) in [4.78, 5) is 121. The number of nitrogens with one attached hydrogen (secondary N) is 8. The highest BCUT2D eigenvalue weighted by molar-refractivity contribution is 5.98. The Hall–Kier alpha value is -6.25. The second-order valence-electron chi connectivity index (χ2n) is 15.3. The maximum atomic E-state index is 13.6. The lowest BCUT2D eigenvalue weighted by Gasteiger charge is -2.30. The standard InChI is InChI=1S/C39H58N10O15/c1-18(2)30(47-32(56)23(42-29(55)12-40)11-20-13-41-22-8-5-4-7-21(20)22)37(61)45-26(16-52)34(58)43-24(14-50)33(57)44-25(15-51)35(59)46-27(17-53)38(62)49-10-6-9-28(49)36(60)48-31(19(3)54)39(63)64/h4-5,7-8,13,18-19,23-28,30-31,41,50-54H,6,9-12,14-17,40H2,1-3H3,(H,42,55)(H,43,58)(H,44,57)(H,45,61)(H,46,59)(H,47,56)(H,48,60)(H,63,64)/t19-,23+,24+,25+,26+,27+,28+,30+,31+/m1/s1. The van der Waals surface area contributed by atoms with Gasteiger partial charge < -0.3 is 83.5 Å². The van der Waals surface area contributed by atoms with Gasteiger partial charge in [-0.25, -0.2) is 4.79 Å². The summed E-state index contributed by atoms with van der Waals surface area (Å²) in [5.41, 5.74) is 6.94. The molecule has 1 aromatic carbocycles. The van der Waals surface area contributed by atoms with Gasteiger partial charge in [0, 0.05) is 30.1 Å². The second kappa shape index (κ2) is 24.6. The van der Waals surface area contributed by atoms with Gasteiger partial charge in [0.05, 0.1) is 39.1 Å². The zero-order chi connectivity index (χ0) is 47.8. The zero-order valence-corrected chi connectivity index (χ0v) is 35.4. The lowest BCUT2D eigenvalue weighted by Crippen LogP contribution is -2.62. The van der Waals surface area contributed by atoms with Gasteiger partial charge in [-0.2, -0.15) is 0 Å². The lowest BCUT2D eigenvalue weighted by atomic mass is 10.00. The van der Waals surface area contributed by atoms with Crippen LogP contribution in [0.1, 0.15) is 39.2 Å². The molecular weight excluding hydrogens is 848 g/mol. The van der Waals surface area contributed by atoms with E-state index >= 15 is 0 Å². The minimum absolute atomic E-state index is 0.00245. The van der Waals surface area contributed by atoms with Crippen LogP contribution in [0.3, 0.4) is 0 Å². The number of hydrogen-bond acceptors (Lipinski definition) is 15. The Bertz CT molecular complexity index is 1990. The van der Waals surface area contributed by atoms with Gasteiger partial charge in [-0.1, -0.05) is 32.0 Å². The van der Waals surface area contributed by atoms with Gasteiger partial charge in [-0.3, -0.25) is 38.4 Å². The van der Waals surface area contributed by atoms with E-state index in [2.05, 4.69) is 42.2 Å². The third kappa shape index (κ3) is 13.9. The topological polar surface area (TPSA) is 404 Å². The van der Waals surface area contributed by atoms with Crippen molar-refractivity contribution in [2.45, 2.75) is 94.5 Å². The molecule has 1 aromatic heterocycles. The number of rotatable bonds is 24. The Balaban J connectivity index is 1.64. The van der Waals surface area contributed by atoms with Gasteiger partial charge in [0.15, 0.2) is 6.04 Å². The number of amides is 8. The van der Waals surface area contributed by atoms with E-state index in [-0.39, 0.29) is 25.8 Å². The number of aliphatic carboxylic acids is 1. The number of nitrogens with zero attached hydrogens (tertiary/aromatic N) is 1. The van der Waals surface area contributed by atoms with Crippen LogP contribution in [0.5, 0.6) is 0 Å². The van der Waals surface area contributed by atoms with Crippen molar-refractivity contribution in [3.63, 3.8) is 0 Å². The van der Waals surface area contributed by atoms with Gasteiger partial charge in [-0.05, 0) is 37.3 Å². The summed E-state index contributed by atoms with van der Waals surface area (Å²) in [7, 11) is 0. The number of hydrogen-bond donors (Lipinski definition) is 15. The molecule has 354 valence electrons. The second-order valence-corrected chi connectivity index (χ2v) is 15.3. The number of aromatic nitrogens is 1. The number of carboxylic acid groups (broad SMARTS) is 1. The average Bonchev–Trinajstić information content (AvgIpc) is 3.93. The Morgan fingerprint density at radius 1 is 0.703 bits per heavy atom. The van der Waals surface area contributed by atoms with E-state index in [0.717, 1.165) is 22.7 Å². The number of benzene rings is 1. The molecule has 0 aliphatic carbocycles. The van der Waals surface area contributed by atoms with Gasteiger partial charge in [0.25, 0.3) is 0 Å². The number of carbonyl (C=O) groups is 9. The van der Waals surface area contributed by atoms with Crippen LogP contribution in [0.25, 0.3) is 10.9 Å². The number of likely N-dealkylation sites (tertiary alicyclic amines) is 1. The minimum Gasteiger partial charge on any atom is -0.480 e. The molecule has 64 heavy (non-hydrogen) atoms. The molecule has 1 saturated heterocycles. The van der Waals surface area contributed by atoms with Crippen LogP contribution in [0, 0.1) is 5.92 Å². The SMILES string of the molecule is CC(C)[C@H](NC(=O)[C@H](Cc1c[nH]c2ccccc12)NC(=O)CN)C(=O)N[C@@H](CO)C(=O)N[C@@H](CO)C(=O)N[C@@H](CO)C(=O)N[C@@H](CO)C(=O)N1CCC[C@H]1C(=O)N[C@H](C(=O)O)[C@@H](C)O. The third-order valence-electron chi connectivity index (χ3n) is 10.3. The molecule has 16 N–H and O–H groups in total. The normalized spacial score (nSPS) is 17.4. The van der Waals surface area contributed by atoms with Gasteiger partial charge >= 0.3 is 5.97 Å². The molecule has 0 saturated carbocycles. The van der Waals surface area contributed by atoms with Crippen molar-refractivity contribution in [3.8, 4) is 0 Å². The molecule has 1 aliphatic heterocycles. The van der Waals surface area contributed by atoms with E-state index in [0.29, 0.717) is 5.56 Å². The fourth-order valence-corrected chi connectivity index (χ4v) is 6.76. The molecule has 1 aliphatic rings. The first-order chi connectivity index (χ1) is 30.3. The smallest absolute Gasteiger partial charge is 0.328 e. The van der Waals surface area contributed by atoms with Crippen LogP contribution in [0.15, 0.2) is 30.5 Å². The number of H-pyrrole nitrogens is 1. The number of carbonyl (C=O) groups excluding carboxylic acids is 8. The molecule has 0 bridgehead atoms. The summed E-state index contributed by atoms with van der Waals surface area (Å²) in [5.74, 6) is -10.1. The predicted octanol–water partition coefficient (Wildman–Crippen LogP) is -6.86. The van der Waals surface area contributed by atoms with E-state index < -0.39 is 147 Å². The number of aromatic amines is 1. The molecule has 0 unspecified atom stereocenters. The number of aliphatic hydroxyl groups excluding tert-OH is 5. The van der Waals surface area contributed by atoms with E-state index in [1.165, 1.54) is 0 Å². The molecule has 25 heteroatoms. The average molecular weight is 907 g/mol. The Morgan fingerprint density at radius 3 is 1.72 bits per heavy atom. The quantitative estimate of drug-likeness (QED) is 0.0465. The van der Waals surface area contributed by atoms with Crippen LogP contribution < -0.4 is 43.0 Å². The van der Waals surface area contributed by atoms with Crippen LogP contribution in [-0.4, -0.2) is 188 Å². The van der Waals surface area contributed by atoms with E-state index in [1.807, 2.05) is 18.2 Å². The first kappa shape index (κ1) is 52.1. The van der Waals surface area contributed by atoms with Gasteiger partial charge in [0.2, 0.25) is 47.3 Å². The zero-order valence-electron chi connectivity index (χ0n) is 35.4. The summed E-state index contributed by atoms with van der Waals surface area (Å²) >= 11 is 0. The first-order valence-electron chi connectivity index (χ1n) is 20.3. The first-order valence-corrected chi connectivity index (χ1v) is 20.3. The Morgan fingerprint density at radius 2 is 1.22 bits per heavy atom. The van der Waals surface area contributed by atoms with Crippen molar-refractivity contribution < 1.29 is 73.8 Å². The Kier molecular flexibility index (Phi) is 20.0. The van der Waals surface area contributed by atoms with Crippen LogP contribution in [-0.2, 0) is 49.6 Å². The Labute approximate surface area is 366 Å². The summed E-state index contributed by atoms with van der Waals surface area (Å²) in [6, 6.07) is -5.40. The fourth-order valence-electron chi connectivity index (χ4n) is 6.76. The molecule has 0 radical (unpaired) electrons. The van der Waals surface area contributed by atoms with Crippen LogP contribution in [0.2, 0.25) is 0 Å². The minimum atomic E-state index is -1.85. The summed E-state index contributed by atoms with van der Waals surface area (Å²) < 4.78 is 0. The van der Waals surface area contributed by atoms with Crippen LogP contribution in [0.4, 0.5) is 0 Å². The van der Waals surface area contributed by atoms with E-state index in [9.17, 15) is 73.8 Å². The summed E-state index contributed by atoms with van der Waals surface area (Å²) in [5, 5.41) is 75.6. The molecule has 8 amide bonds. The number of aliphatic hydroxyl groups is 5. The number of nitrogens with two attached hydrogens (primary N) is 1. The highest BCUT2D eigenvalue weighted by atomic mass is 16.4. The monoisotopic (exact) mass is 906 g/mol. The van der Waals surface area contributed by atoms with Crippen molar-refractivity contribution in [2.24, 2.45) is 11.7 Å². The molecule has 25 nitrogen and oxygen atoms in total. The number of fused-ring (bicyclic) bond motifs is 1. The van der Waals surface area contributed by atoms with Crippen LogP contribution >= 0.6 is 0 Å². The van der Waals surface area contributed by atoms with Crippen molar-refractivity contribution >= 4 is 64.1 Å². The van der Waals surface area contributed by atoms with Crippen molar-refractivity contribution in [2.75, 3.05) is 39.5 Å². The van der Waals surface area contributed by atoms with Gasteiger partial charge in [-0.15, -0.1) is 0 Å². The third-order valence-corrected chi connectivity index (χ3v) is 10.3. The summed E-state index contributed by atoms with van der Waals surface area (Å²) in [6.07, 6.45) is 0.556. The number of para-hydroxylation sites is 1. The summed E-state index contributed by atoms with van der Waals surface area (Å²) in [6.45, 7) is -0.433. The largest absolute Gasteiger partial charge is 0.480 e. The molecule has 2 heterocycles. The van der Waals surface area contributed by atoms with Gasteiger partial charge in [0.1, 0.15) is 42.3 Å². The molecule has 3 rings (SSSR count). The fraction of sp³-hybridized carbons (Fsp3) is 0.564. The highest BCUT2D eigenvalue weighted by Crippen LogP contribution is 2.21. The van der Waals surface area contributed by atoms with Crippen molar-refractivity contribution in [1.82, 2.24) is 47.1 Å². The lowest BCUT2D eigenvalue weighted by molar-refractivity contribution is -0.147. The van der Waals surface area contributed by atoms with Crippen molar-refractivity contribution in [3.05, 3.63) is 36.0 Å². The molecule has 2 aromatic rings. The maximum Gasteiger partial charge on any atom is 0.328 e. The van der Waals surface area contributed by atoms with Crippen molar-refractivity contribution in [1.29, 1.82) is 0 Å². The highest BCUT2D eigenvalue weighted by Gasteiger charge is 2.40. The molecule has 9 atom stereocenters. The molecule has 0 spiro atoms. The van der Waals surface area contributed by atoms with E-state index in [4.69, 9.17) is 5.73 Å². The maximum absolute atomic E-state index is 13.6.